The first kappa shape index (κ1) is 19.3. The van der Waals surface area contributed by atoms with E-state index in [1.54, 1.807) is 6.20 Å². The largest absolute Gasteiger partial charge is 0.465 e. The molecule has 3 heterocycles. The summed E-state index contributed by atoms with van der Waals surface area (Å²) in [5, 5.41) is 2.38. The van der Waals surface area contributed by atoms with Crippen LogP contribution in [0.5, 0.6) is 0 Å². The average molecular weight is 373 g/mol. The monoisotopic (exact) mass is 373 g/mol. The highest BCUT2D eigenvalue weighted by molar-refractivity contribution is 6.00. The normalized spacial score (nSPS) is 21.3. The molecule has 1 aromatic heterocycles. The molecule has 7 nitrogen and oxygen atoms in total. The van der Waals surface area contributed by atoms with Crippen molar-refractivity contribution < 1.29 is 19.1 Å². The van der Waals surface area contributed by atoms with Gasteiger partial charge in [0, 0.05) is 25.7 Å². The van der Waals surface area contributed by atoms with Crippen LogP contribution in [0.25, 0.3) is 0 Å². The summed E-state index contributed by atoms with van der Waals surface area (Å²) >= 11 is 0. The zero-order valence-electron chi connectivity index (χ0n) is 15.9. The number of pyridine rings is 1. The van der Waals surface area contributed by atoms with Crippen LogP contribution in [0.3, 0.4) is 0 Å². The number of piperidine rings is 2. The van der Waals surface area contributed by atoms with Gasteiger partial charge >= 0.3 is 5.97 Å². The van der Waals surface area contributed by atoms with Crippen molar-refractivity contribution in [2.24, 2.45) is 11.8 Å². The molecule has 0 aromatic carbocycles. The Kier molecular flexibility index (Phi) is 6.08. The number of ether oxygens (including phenoxy) is 1. The molecule has 2 aliphatic rings. The summed E-state index contributed by atoms with van der Waals surface area (Å²) in [5.74, 6) is 0.288. The second-order valence-electron chi connectivity index (χ2n) is 7.74. The van der Waals surface area contributed by atoms with E-state index in [9.17, 15) is 14.4 Å². The van der Waals surface area contributed by atoms with E-state index in [1.165, 1.54) is 0 Å². The molecular weight excluding hydrogens is 346 g/mol. The van der Waals surface area contributed by atoms with Gasteiger partial charge in [0.1, 0.15) is 5.82 Å². The SMILES string of the molecule is CC(C)COC(=O)C1CCN(c2ccc(C3CCC(=O)NC3=O)cn2)CC1. The van der Waals surface area contributed by atoms with Gasteiger partial charge < -0.3 is 9.64 Å². The number of hydrogen-bond donors (Lipinski definition) is 1. The molecule has 27 heavy (non-hydrogen) atoms. The number of aromatic nitrogens is 1. The Hall–Kier alpha value is -2.44. The van der Waals surface area contributed by atoms with Gasteiger partial charge in [0.25, 0.3) is 0 Å². The molecule has 3 rings (SSSR count). The Balaban J connectivity index is 1.54. The van der Waals surface area contributed by atoms with E-state index in [4.69, 9.17) is 4.74 Å². The van der Waals surface area contributed by atoms with Crippen LogP contribution in [0.15, 0.2) is 18.3 Å². The van der Waals surface area contributed by atoms with Crippen molar-refractivity contribution >= 4 is 23.6 Å². The zero-order chi connectivity index (χ0) is 19.4. The van der Waals surface area contributed by atoms with Gasteiger partial charge in [0.15, 0.2) is 0 Å². The van der Waals surface area contributed by atoms with E-state index in [0.717, 1.165) is 37.3 Å². The first-order chi connectivity index (χ1) is 12.9. The van der Waals surface area contributed by atoms with Crippen molar-refractivity contribution in [2.45, 2.75) is 45.4 Å². The van der Waals surface area contributed by atoms with Crippen molar-refractivity contribution in [1.29, 1.82) is 0 Å². The fraction of sp³-hybridized carbons (Fsp3) is 0.600. The molecule has 2 amide bonds. The zero-order valence-corrected chi connectivity index (χ0v) is 15.9. The van der Waals surface area contributed by atoms with Crippen LogP contribution in [0.2, 0.25) is 0 Å². The van der Waals surface area contributed by atoms with Gasteiger partial charge in [-0.2, -0.15) is 0 Å². The second kappa shape index (κ2) is 8.50. The summed E-state index contributed by atoms with van der Waals surface area (Å²) in [4.78, 5) is 42.0. The minimum Gasteiger partial charge on any atom is -0.465 e. The number of hydrogen-bond acceptors (Lipinski definition) is 6. The molecule has 1 atom stereocenters. The topological polar surface area (TPSA) is 88.6 Å². The van der Waals surface area contributed by atoms with E-state index < -0.39 is 0 Å². The minimum absolute atomic E-state index is 0.0391. The molecule has 7 heteroatoms. The van der Waals surface area contributed by atoms with Crippen LogP contribution >= 0.6 is 0 Å². The Bertz CT molecular complexity index is 694. The van der Waals surface area contributed by atoms with Crippen molar-refractivity contribution in [3.63, 3.8) is 0 Å². The van der Waals surface area contributed by atoms with Crippen molar-refractivity contribution in [3.05, 3.63) is 23.9 Å². The Morgan fingerprint density at radius 2 is 2.00 bits per heavy atom. The van der Waals surface area contributed by atoms with Gasteiger partial charge in [-0.3, -0.25) is 19.7 Å². The highest BCUT2D eigenvalue weighted by Crippen LogP contribution is 2.27. The van der Waals surface area contributed by atoms with Crippen LogP contribution < -0.4 is 10.2 Å². The van der Waals surface area contributed by atoms with Crippen molar-refractivity contribution in [3.8, 4) is 0 Å². The molecule has 0 aliphatic carbocycles. The van der Waals surface area contributed by atoms with E-state index >= 15 is 0 Å². The quantitative estimate of drug-likeness (QED) is 0.627. The number of carbonyl (C=O) groups excluding carboxylic acids is 3. The molecule has 0 spiro atoms. The Morgan fingerprint density at radius 1 is 1.26 bits per heavy atom. The van der Waals surface area contributed by atoms with Gasteiger partial charge in [-0.1, -0.05) is 19.9 Å². The van der Waals surface area contributed by atoms with Gasteiger partial charge in [-0.15, -0.1) is 0 Å². The number of rotatable bonds is 5. The Morgan fingerprint density at radius 3 is 2.59 bits per heavy atom. The standard InChI is InChI=1S/C20H27N3O4/c1-13(2)12-27-20(26)14-7-9-23(10-8-14)17-5-3-15(11-21-17)16-4-6-18(24)22-19(16)25/h3,5,11,13-14,16H,4,6-10,12H2,1-2H3,(H,22,24,25). The van der Waals surface area contributed by atoms with Crippen molar-refractivity contribution in [2.75, 3.05) is 24.6 Å². The summed E-state index contributed by atoms with van der Waals surface area (Å²) in [6, 6.07) is 3.82. The van der Waals surface area contributed by atoms with E-state index in [0.29, 0.717) is 25.4 Å². The summed E-state index contributed by atoms with van der Waals surface area (Å²) in [5.41, 5.74) is 0.830. The maximum Gasteiger partial charge on any atom is 0.309 e. The van der Waals surface area contributed by atoms with Crippen LogP contribution in [-0.4, -0.2) is 42.5 Å². The number of imide groups is 1. The van der Waals surface area contributed by atoms with Gasteiger partial charge in [0.2, 0.25) is 11.8 Å². The van der Waals surface area contributed by atoms with Crippen molar-refractivity contribution in [1.82, 2.24) is 10.3 Å². The van der Waals surface area contributed by atoms with Crippen LogP contribution in [0.4, 0.5) is 5.82 Å². The van der Waals surface area contributed by atoms with Gasteiger partial charge in [-0.05, 0) is 36.8 Å². The highest BCUT2D eigenvalue weighted by Gasteiger charge is 2.29. The van der Waals surface area contributed by atoms with E-state index in [-0.39, 0.29) is 29.6 Å². The molecule has 1 aromatic rings. The lowest BCUT2D eigenvalue weighted by molar-refractivity contribution is -0.150. The predicted molar refractivity (Wildman–Crippen MR) is 100 cm³/mol. The molecule has 1 N–H and O–H groups in total. The average Bonchev–Trinajstić information content (AvgIpc) is 2.66. The maximum atomic E-state index is 12.1. The molecule has 1 unspecified atom stereocenters. The second-order valence-corrected chi connectivity index (χ2v) is 7.74. The summed E-state index contributed by atoms with van der Waals surface area (Å²) in [6.45, 7) is 6.04. The fourth-order valence-electron chi connectivity index (χ4n) is 3.51. The first-order valence-electron chi connectivity index (χ1n) is 9.65. The van der Waals surface area contributed by atoms with E-state index in [1.807, 2.05) is 26.0 Å². The fourth-order valence-corrected chi connectivity index (χ4v) is 3.51. The molecule has 146 valence electrons. The third-order valence-electron chi connectivity index (χ3n) is 5.12. The number of anilines is 1. The third-order valence-corrected chi connectivity index (χ3v) is 5.12. The van der Waals surface area contributed by atoms with Crippen LogP contribution in [0.1, 0.15) is 51.0 Å². The molecule has 0 bridgehead atoms. The first-order valence-corrected chi connectivity index (χ1v) is 9.65. The van der Waals surface area contributed by atoms with E-state index in [2.05, 4.69) is 15.2 Å². The summed E-state index contributed by atoms with van der Waals surface area (Å²) < 4.78 is 5.35. The van der Waals surface area contributed by atoms with Gasteiger partial charge in [0.05, 0.1) is 18.4 Å². The number of nitrogens with one attached hydrogen (secondary N) is 1. The molecule has 0 radical (unpaired) electrons. The number of esters is 1. The lowest BCUT2D eigenvalue weighted by atomic mass is 9.91. The minimum atomic E-state index is -0.314. The summed E-state index contributed by atoms with van der Waals surface area (Å²) in [6.07, 6.45) is 4.12. The summed E-state index contributed by atoms with van der Waals surface area (Å²) in [7, 11) is 0. The molecule has 0 saturated carbocycles. The highest BCUT2D eigenvalue weighted by atomic mass is 16.5. The molecule has 2 fully saturated rings. The number of nitrogens with zero attached hydrogens (tertiary/aromatic N) is 2. The van der Waals surface area contributed by atoms with Crippen LogP contribution in [-0.2, 0) is 19.1 Å². The lowest BCUT2D eigenvalue weighted by Gasteiger charge is -2.32. The Labute approximate surface area is 159 Å². The maximum absolute atomic E-state index is 12.1. The van der Waals surface area contributed by atoms with Crippen LogP contribution in [0, 0.1) is 11.8 Å². The third kappa shape index (κ3) is 4.84. The lowest BCUT2D eigenvalue weighted by Crippen LogP contribution is -2.39. The van der Waals surface area contributed by atoms with Gasteiger partial charge in [-0.25, -0.2) is 4.98 Å². The number of amides is 2. The molecule has 2 aliphatic heterocycles. The molecular formula is C20H27N3O4. The molecule has 2 saturated heterocycles. The predicted octanol–water partition coefficient (Wildman–Crippen LogP) is 2.02. The smallest absolute Gasteiger partial charge is 0.309 e. The number of carbonyl (C=O) groups is 3.